The Balaban J connectivity index is 2.09. The van der Waals surface area contributed by atoms with E-state index in [1.807, 2.05) is 12.1 Å². The first-order chi connectivity index (χ1) is 12.0. The number of aromatic nitrogens is 1. The summed E-state index contributed by atoms with van der Waals surface area (Å²) in [5.41, 5.74) is 1.64. The molecule has 0 atom stereocenters. The van der Waals surface area contributed by atoms with Gasteiger partial charge in [0.05, 0.1) is 6.42 Å². The zero-order chi connectivity index (χ0) is 18.2. The lowest BCUT2D eigenvalue weighted by Gasteiger charge is -2.22. The van der Waals surface area contributed by atoms with Gasteiger partial charge in [0.25, 0.3) is 0 Å². The molecule has 1 amide bonds. The van der Waals surface area contributed by atoms with Crippen molar-refractivity contribution in [2.45, 2.75) is 19.4 Å². The molecular formula is C18H17FN2O4. The largest absolute Gasteiger partial charge is 0.475 e. The second-order valence-corrected chi connectivity index (χ2v) is 5.45. The number of carboxylic acid groups (broad SMARTS) is 1. The minimum Gasteiger partial charge on any atom is -0.475 e. The van der Waals surface area contributed by atoms with Crippen molar-refractivity contribution in [2.24, 2.45) is 0 Å². The Kier molecular flexibility index (Phi) is 6.33. The number of pyridine rings is 1. The number of aliphatic carboxylic acids is 1. The Morgan fingerprint density at radius 1 is 1.00 bits per heavy atom. The smallest absolute Gasteiger partial charge is 0.372 e. The number of amides is 1. The van der Waals surface area contributed by atoms with Gasteiger partial charge in [0.1, 0.15) is 5.82 Å². The number of halogens is 1. The van der Waals surface area contributed by atoms with Crippen molar-refractivity contribution >= 4 is 17.7 Å². The van der Waals surface area contributed by atoms with E-state index >= 15 is 0 Å². The van der Waals surface area contributed by atoms with Gasteiger partial charge < -0.3 is 10.0 Å². The fraction of sp³-hybridized carbons (Fsp3) is 0.222. The van der Waals surface area contributed by atoms with Crippen molar-refractivity contribution in [1.29, 1.82) is 0 Å². The zero-order valence-corrected chi connectivity index (χ0v) is 13.4. The highest BCUT2D eigenvalue weighted by molar-refractivity contribution is 6.36. The minimum atomic E-state index is -1.63. The van der Waals surface area contributed by atoms with E-state index in [0.29, 0.717) is 18.5 Å². The highest BCUT2D eigenvalue weighted by atomic mass is 19.1. The van der Waals surface area contributed by atoms with Crippen LogP contribution in [-0.4, -0.2) is 39.2 Å². The van der Waals surface area contributed by atoms with Crippen molar-refractivity contribution in [3.63, 3.8) is 0 Å². The molecule has 0 aliphatic heterocycles. The number of Topliss-reactive ketones (excluding diaryl/α,β-unsaturated/α-hetero) is 1. The summed E-state index contributed by atoms with van der Waals surface area (Å²) in [6.45, 7) is 0.463. The minimum absolute atomic E-state index is 0.164. The predicted molar refractivity (Wildman–Crippen MR) is 87.0 cm³/mol. The molecule has 0 saturated carbocycles. The van der Waals surface area contributed by atoms with Gasteiger partial charge in [-0.3, -0.25) is 14.6 Å². The summed E-state index contributed by atoms with van der Waals surface area (Å²) < 4.78 is 13.0. The first-order valence-electron chi connectivity index (χ1n) is 7.63. The van der Waals surface area contributed by atoms with Crippen LogP contribution in [0.5, 0.6) is 0 Å². The van der Waals surface area contributed by atoms with Gasteiger partial charge in [0.15, 0.2) is 0 Å². The molecule has 2 rings (SSSR count). The maximum Gasteiger partial charge on any atom is 0.372 e. The lowest BCUT2D eigenvalue weighted by atomic mass is 10.1. The monoisotopic (exact) mass is 344 g/mol. The number of carboxylic acids is 1. The van der Waals surface area contributed by atoms with E-state index < -0.39 is 24.1 Å². The average Bonchev–Trinajstić information content (AvgIpc) is 2.60. The fourth-order valence-electron chi connectivity index (χ4n) is 2.24. The van der Waals surface area contributed by atoms with Gasteiger partial charge in [-0.05, 0) is 41.8 Å². The summed E-state index contributed by atoms with van der Waals surface area (Å²) in [6, 6.07) is 9.26. The molecule has 25 heavy (non-hydrogen) atoms. The highest BCUT2D eigenvalue weighted by Gasteiger charge is 2.21. The summed E-state index contributed by atoms with van der Waals surface area (Å²) in [6.07, 6.45) is 3.09. The maximum absolute atomic E-state index is 13.0. The van der Waals surface area contributed by atoms with Crippen LogP contribution in [-0.2, 0) is 27.3 Å². The summed E-state index contributed by atoms with van der Waals surface area (Å²) in [4.78, 5) is 39.6. The van der Waals surface area contributed by atoms with Crippen LogP contribution >= 0.6 is 0 Å². The van der Waals surface area contributed by atoms with Crippen molar-refractivity contribution in [3.8, 4) is 0 Å². The second kappa shape index (κ2) is 8.68. The van der Waals surface area contributed by atoms with E-state index in [0.717, 1.165) is 5.56 Å². The molecule has 0 aliphatic carbocycles. The summed E-state index contributed by atoms with van der Waals surface area (Å²) >= 11 is 0. The van der Waals surface area contributed by atoms with Crippen molar-refractivity contribution in [3.05, 3.63) is 65.7 Å². The molecule has 0 bridgehead atoms. The van der Waals surface area contributed by atoms with E-state index in [2.05, 4.69) is 4.98 Å². The normalized spacial score (nSPS) is 10.3. The first kappa shape index (κ1) is 18.3. The Morgan fingerprint density at radius 3 is 2.24 bits per heavy atom. The molecule has 0 spiro atoms. The lowest BCUT2D eigenvalue weighted by Crippen LogP contribution is -2.35. The third kappa shape index (κ3) is 5.80. The average molecular weight is 344 g/mol. The Hall–Kier alpha value is -3.09. The van der Waals surface area contributed by atoms with Crippen LogP contribution in [0.15, 0.2) is 48.8 Å². The number of hydrogen-bond donors (Lipinski definition) is 1. The maximum atomic E-state index is 13.0. The molecular weight excluding hydrogens is 327 g/mol. The van der Waals surface area contributed by atoms with E-state index in [1.165, 1.54) is 17.0 Å². The van der Waals surface area contributed by atoms with Gasteiger partial charge in [-0.25, -0.2) is 9.18 Å². The van der Waals surface area contributed by atoms with Crippen LogP contribution in [0.25, 0.3) is 0 Å². The second-order valence-electron chi connectivity index (χ2n) is 5.45. The quantitative estimate of drug-likeness (QED) is 0.583. The topological polar surface area (TPSA) is 87.6 Å². The Morgan fingerprint density at radius 2 is 1.64 bits per heavy atom. The molecule has 7 heteroatoms. The van der Waals surface area contributed by atoms with Crippen molar-refractivity contribution in [1.82, 2.24) is 9.88 Å². The van der Waals surface area contributed by atoms with Crippen LogP contribution in [0.2, 0.25) is 0 Å². The molecule has 1 aromatic carbocycles. The number of rotatable bonds is 8. The molecule has 0 fully saturated rings. The zero-order valence-electron chi connectivity index (χ0n) is 13.4. The van der Waals surface area contributed by atoms with Gasteiger partial charge >= 0.3 is 5.97 Å². The highest BCUT2D eigenvalue weighted by Crippen LogP contribution is 2.10. The van der Waals surface area contributed by atoms with Gasteiger partial charge in [-0.2, -0.15) is 0 Å². The number of ketones is 1. The fourth-order valence-corrected chi connectivity index (χ4v) is 2.24. The molecule has 1 heterocycles. The van der Waals surface area contributed by atoms with Crippen LogP contribution in [0.1, 0.15) is 17.5 Å². The Bertz CT molecular complexity index is 747. The van der Waals surface area contributed by atoms with E-state index in [-0.39, 0.29) is 12.4 Å². The molecule has 2 aromatic rings. The van der Waals surface area contributed by atoms with Gasteiger partial charge in [-0.1, -0.05) is 12.1 Å². The first-order valence-corrected chi connectivity index (χ1v) is 7.63. The number of benzene rings is 1. The Labute approximate surface area is 143 Å². The summed E-state index contributed by atoms with van der Waals surface area (Å²) in [5, 5.41) is 8.67. The molecule has 130 valence electrons. The number of hydrogen-bond acceptors (Lipinski definition) is 4. The van der Waals surface area contributed by atoms with Crippen LogP contribution in [0.4, 0.5) is 4.39 Å². The molecule has 0 radical (unpaired) electrons. The van der Waals surface area contributed by atoms with Crippen LogP contribution in [0.3, 0.4) is 0 Å². The summed E-state index contributed by atoms with van der Waals surface area (Å²) in [7, 11) is 0. The van der Waals surface area contributed by atoms with Gasteiger partial charge in [0.2, 0.25) is 11.7 Å². The lowest BCUT2D eigenvalue weighted by molar-refractivity contribution is -0.151. The predicted octanol–water partition coefficient (Wildman–Crippen LogP) is 1.84. The van der Waals surface area contributed by atoms with Crippen molar-refractivity contribution < 1.29 is 23.9 Å². The number of carbonyl (C=O) groups excluding carboxylic acids is 2. The van der Waals surface area contributed by atoms with E-state index in [4.69, 9.17) is 5.11 Å². The number of carbonyl (C=O) groups is 3. The molecule has 0 aliphatic rings. The third-order valence-electron chi connectivity index (χ3n) is 3.61. The molecule has 1 aromatic heterocycles. The molecule has 0 saturated heterocycles. The van der Waals surface area contributed by atoms with E-state index in [9.17, 15) is 18.8 Å². The standard InChI is InChI=1S/C18H17FN2O4/c19-15-3-1-14(2-4-15)12-21(17(23)11-16(22)18(24)25)10-7-13-5-8-20-9-6-13/h1-6,8-9H,7,10-12H2,(H,24,25). The van der Waals surface area contributed by atoms with Crippen LogP contribution in [0, 0.1) is 5.82 Å². The molecule has 6 nitrogen and oxygen atoms in total. The summed E-state index contributed by atoms with van der Waals surface area (Å²) in [5.74, 6) is -3.76. The van der Waals surface area contributed by atoms with E-state index in [1.54, 1.807) is 24.5 Å². The van der Waals surface area contributed by atoms with Crippen molar-refractivity contribution in [2.75, 3.05) is 6.54 Å². The third-order valence-corrected chi connectivity index (χ3v) is 3.61. The SMILES string of the molecule is O=C(O)C(=O)CC(=O)N(CCc1ccncc1)Cc1ccc(F)cc1. The molecule has 0 unspecified atom stereocenters. The van der Waals surface area contributed by atoms with Gasteiger partial charge in [-0.15, -0.1) is 0 Å². The van der Waals surface area contributed by atoms with Crippen LogP contribution < -0.4 is 0 Å². The number of nitrogens with zero attached hydrogens (tertiary/aromatic N) is 2. The molecule has 1 N–H and O–H groups in total. The van der Waals surface area contributed by atoms with Gasteiger partial charge in [0, 0.05) is 25.5 Å².